The molecule has 9 aromatic carbocycles. The summed E-state index contributed by atoms with van der Waals surface area (Å²) in [5.74, 6) is 0. The van der Waals surface area contributed by atoms with Crippen molar-refractivity contribution in [2.75, 3.05) is 5.73 Å². The van der Waals surface area contributed by atoms with Crippen molar-refractivity contribution in [1.82, 2.24) is 4.98 Å². The highest BCUT2D eigenvalue weighted by Crippen LogP contribution is 2.36. The van der Waals surface area contributed by atoms with Gasteiger partial charge < -0.3 is 5.73 Å². The van der Waals surface area contributed by atoms with Gasteiger partial charge in [0.2, 0.25) is 0 Å². The van der Waals surface area contributed by atoms with E-state index in [1.807, 2.05) is 42.5 Å². The van der Waals surface area contributed by atoms with Gasteiger partial charge in [-0.1, -0.05) is 146 Å². The maximum atomic E-state index is 8.83. The first-order valence-corrected chi connectivity index (χ1v) is 20.4. The molecule has 1 aliphatic carbocycles. The van der Waals surface area contributed by atoms with Gasteiger partial charge in [0, 0.05) is 23.7 Å². The van der Waals surface area contributed by atoms with E-state index in [9.17, 15) is 0 Å². The summed E-state index contributed by atoms with van der Waals surface area (Å²) in [5, 5.41) is 27.1. The number of nitrogens with two attached hydrogens (primary N) is 1. The molecular formula is C57H40N4. The number of anilines is 1. The number of fused-ring (bicyclic) bond motifs is 4. The molecule has 4 heteroatoms. The normalized spacial score (nSPS) is 12.6. The SMILES string of the molecule is N=C1C=C(c2ccc3cc(-c4cccc5ccccc45)ccc3c2)C=C(c2ccc3cc(-c4cccc5ccccc45)ccc3c2)C1=N.Nc1ccc(-c2ccncc2)cc1. The molecule has 4 nitrogen and oxygen atoms in total. The van der Waals surface area contributed by atoms with Gasteiger partial charge in [0.05, 0.1) is 11.4 Å². The van der Waals surface area contributed by atoms with E-state index in [-0.39, 0.29) is 11.4 Å². The molecular weight excluding hydrogens is 741 g/mol. The fourth-order valence-electron chi connectivity index (χ4n) is 8.38. The van der Waals surface area contributed by atoms with Crippen molar-refractivity contribution < 1.29 is 0 Å². The third-order valence-electron chi connectivity index (χ3n) is 11.6. The zero-order valence-corrected chi connectivity index (χ0v) is 33.3. The third-order valence-corrected chi connectivity index (χ3v) is 11.6. The van der Waals surface area contributed by atoms with Crippen molar-refractivity contribution in [2.45, 2.75) is 0 Å². The number of allylic oxidation sites excluding steroid dienone is 4. The number of nitrogens with one attached hydrogen (secondary N) is 2. The largest absolute Gasteiger partial charge is 0.399 e. The molecule has 11 rings (SSSR count). The zero-order valence-electron chi connectivity index (χ0n) is 33.3. The van der Waals surface area contributed by atoms with E-state index in [1.54, 1.807) is 12.4 Å². The second kappa shape index (κ2) is 15.9. The molecule has 0 bridgehead atoms. The van der Waals surface area contributed by atoms with Crippen molar-refractivity contribution in [3.8, 4) is 33.4 Å². The summed E-state index contributed by atoms with van der Waals surface area (Å²) in [6.07, 6.45) is 7.45. The Morgan fingerprint density at radius 2 is 0.803 bits per heavy atom. The van der Waals surface area contributed by atoms with Gasteiger partial charge in [-0.3, -0.25) is 15.8 Å². The summed E-state index contributed by atoms with van der Waals surface area (Å²) >= 11 is 0. The molecule has 0 radical (unpaired) electrons. The number of nitrogens with zero attached hydrogens (tertiary/aromatic N) is 1. The second-order valence-corrected chi connectivity index (χ2v) is 15.4. The van der Waals surface area contributed by atoms with Gasteiger partial charge in [-0.05, 0) is 154 Å². The Bertz CT molecular complexity index is 3380. The predicted octanol–water partition coefficient (Wildman–Crippen LogP) is 14.5. The fourth-order valence-corrected chi connectivity index (χ4v) is 8.38. The molecule has 0 fully saturated rings. The average Bonchev–Trinajstić information content (AvgIpc) is 3.32. The first kappa shape index (κ1) is 37.1. The summed E-state index contributed by atoms with van der Waals surface area (Å²) in [6, 6.07) is 67.8. The van der Waals surface area contributed by atoms with Crippen molar-refractivity contribution in [2.24, 2.45) is 0 Å². The molecule has 0 spiro atoms. The zero-order chi connectivity index (χ0) is 41.3. The van der Waals surface area contributed by atoms with E-state index in [0.717, 1.165) is 55.2 Å². The number of rotatable bonds is 5. The Hall–Kier alpha value is -8.21. The van der Waals surface area contributed by atoms with Crippen molar-refractivity contribution >= 4 is 71.3 Å². The lowest BCUT2D eigenvalue weighted by molar-refractivity contribution is 1.33. The summed E-state index contributed by atoms with van der Waals surface area (Å²) in [5.41, 5.74) is 17.7. The van der Waals surface area contributed by atoms with E-state index in [4.69, 9.17) is 16.6 Å². The smallest absolute Gasteiger partial charge is 0.0867 e. The molecule has 1 aromatic heterocycles. The molecule has 61 heavy (non-hydrogen) atoms. The Morgan fingerprint density at radius 3 is 1.38 bits per heavy atom. The van der Waals surface area contributed by atoms with E-state index >= 15 is 0 Å². The van der Waals surface area contributed by atoms with Crippen LogP contribution in [0, 0.1) is 10.8 Å². The van der Waals surface area contributed by atoms with E-state index in [0.29, 0.717) is 0 Å². The maximum Gasteiger partial charge on any atom is 0.0867 e. The molecule has 1 aliphatic rings. The van der Waals surface area contributed by atoms with Crippen molar-refractivity contribution in [3.05, 3.63) is 230 Å². The number of pyridine rings is 1. The second-order valence-electron chi connectivity index (χ2n) is 15.4. The average molecular weight is 781 g/mol. The van der Waals surface area contributed by atoms with Crippen LogP contribution < -0.4 is 5.73 Å². The van der Waals surface area contributed by atoms with Gasteiger partial charge in [-0.25, -0.2) is 0 Å². The van der Waals surface area contributed by atoms with Crippen molar-refractivity contribution in [1.29, 1.82) is 10.8 Å². The number of aromatic nitrogens is 1. The molecule has 1 heterocycles. The molecule has 4 N–H and O–H groups in total. The lowest BCUT2D eigenvalue weighted by atomic mass is 9.86. The van der Waals surface area contributed by atoms with Crippen LogP contribution in [0.4, 0.5) is 5.69 Å². The van der Waals surface area contributed by atoms with Gasteiger partial charge in [-0.2, -0.15) is 0 Å². The molecule has 0 unspecified atom stereocenters. The predicted molar refractivity (Wildman–Crippen MR) is 259 cm³/mol. The quantitative estimate of drug-likeness (QED) is 0.120. The third kappa shape index (κ3) is 7.39. The summed E-state index contributed by atoms with van der Waals surface area (Å²) in [6.45, 7) is 0. The number of benzene rings is 9. The van der Waals surface area contributed by atoms with Gasteiger partial charge in [0.1, 0.15) is 0 Å². The first-order chi connectivity index (χ1) is 29.9. The summed E-state index contributed by atoms with van der Waals surface area (Å²) in [4.78, 5) is 3.96. The van der Waals surface area contributed by atoms with Gasteiger partial charge in [0.15, 0.2) is 0 Å². The van der Waals surface area contributed by atoms with Crippen LogP contribution in [0.3, 0.4) is 0 Å². The van der Waals surface area contributed by atoms with Crippen LogP contribution in [0.25, 0.3) is 87.6 Å². The minimum atomic E-state index is 0.223. The lowest BCUT2D eigenvalue weighted by Gasteiger charge is -2.18. The summed E-state index contributed by atoms with van der Waals surface area (Å²) in [7, 11) is 0. The Labute approximate surface area is 354 Å². The number of hydrogen-bond acceptors (Lipinski definition) is 4. The van der Waals surface area contributed by atoms with Crippen LogP contribution in [-0.2, 0) is 0 Å². The van der Waals surface area contributed by atoms with Gasteiger partial charge in [-0.15, -0.1) is 0 Å². The monoisotopic (exact) mass is 780 g/mol. The molecule has 0 amide bonds. The topological polar surface area (TPSA) is 86.6 Å². The Morgan fingerprint density at radius 1 is 0.361 bits per heavy atom. The minimum Gasteiger partial charge on any atom is -0.399 e. The van der Waals surface area contributed by atoms with Crippen LogP contribution in [0.5, 0.6) is 0 Å². The van der Waals surface area contributed by atoms with Crippen LogP contribution in [-0.4, -0.2) is 16.4 Å². The van der Waals surface area contributed by atoms with Gasteiger partial charge in [0.25, 0.3) is 0 Å². The van der Waals surface area contributed by atoms with E-state index in [1.165, 1.54) is 49.2 Å². The molecule has 0 saturated carbocycles. The number of hydrogen-bond donors (Lipinski definition) is 3. The molecule has 288 valence electrons. The van der Waals surface area contributed by atoms with E-state index < -0.39 is 0 Å². The molecule has 0 atom stereocenters. The summed E-state index contributed by atoms with van der Waals surface area (Å²) < 4.78 is 0. The lowest BCUT2D eigenvalue weighted by Crippen LogP contribution is -2.15. The number of nitrogen functional groups attached to an aromatic ring is 1. The highest BCUT2D eigenvalue weighted by Gasteiger charge is 2.19. The first-order valence-electron chi connectivity index (χ1n) is 20.4. The van der Waals surface area contributed by atoms with E-state index in [2.05, 4.69) is 169 Å². The maximum absolute atomic E-state index is 8.83. The highest BCUT2D eigenvalue weighted by atomic mass is 14.6. The molecule has 10 aromatic rings. The van der Waals surface area contributed by atoms with Crippen LogP contribution in [0.1, 0.15) is 11.1 Å². The Kier molecular flexibility index (Phi) is 9.64. The van der Waals surface area contributed by atoms with Crippen LogP contribution in [0.15, 0.2) is 219 Å². The van der Waals surface area contributed by atoms with Crippen molar-refractivity contribution in [3.63, 3.8) is 0 Å². The minimum absolute atomic E-state index is 0.223. The van der Waals surface area contributed by atoms with Crippen LogP contribution >= 0.6 is 0 Å². The standard InChI is InChI=1S/C46H30N2.C11H10N2/c47-45-28-39(35-16-15-32-24-36(20-17-31(32)23-35)42-13-5-9-29-7-1-3-11-40(29)42)27-44(46(45)48)38-22-19-33-25-37(21-18-34(33)26-38)43-14-6-10-30-8-2-4-12-41(30)43;12-11-3-1-9(2-4-11)10-5-7-13-8-6-10/h1-28,47-48H;1-8H,12H2. The van der Waals surface area contributed by atoms with Gasteiger partial charge >= 0.3 is 0 Å². The highest BCUT2D eigenvalue weighted by molar-refractivity contribution is 6.61. The Balaban J connectivity index is 0.000000293. The molecule has 0 saturated heterocycles. The van der Waals surface area contributed by atoms with Crippen LogP contribution in [0.2, 0.25) is 0 Å². The fraction of sp³-hybridized carbons (Fsp3) is 0. The molecule has 0 aliphatic heterocycles.